The molecule has 5 heteroatoms. The highest BCUT2D eigenvalue weighted by Gasteiger charge is 2.08. The molecule has 102 valence electrons. The summed E-state index contributed by atoms with van der Waals surface area (Å²) in [6, 6.07) is 7.79. The zero-order chi connectivity index (χ0) is 13.7. The number of rotatable bonds is 6. The molecule has 0 aliphatic carbocycles. The van der Waals surface area contributed by atoms with Gasteiger partial charge in [0, 0.05) is 25.2 Å². The molecule has 1 heterocycles. The standard InChI is InChI=1S/C14H18FN3O/c1-3-18-14(15)12(10-17-18)9-16-8-11-4-6-13(19-2)7-5-11/h4-7,10,16H,3,8-9H2,1-2H3. The molecule has 1 aromatic carbocycles. The van der Waals surface area contributed by atoms with Gasteiger partial charge in [-0.15, -0.1) is 0 Å². The van der Waals surface area contributed by atoms with Crippen LogP contribution in [0.1, 0.15) is 18.1 Å². The van der Waals surface area contributed by atoms with Gasteiger partial charge >= 0.3 is 0 Å². The fourth-order valence-corrected chi connectivity index (χ4v) is 1.83. The molecule has 0 spiro atoms. The lowest BCUT2D eigenvalue weighted by molar-refractivity contribution is 0.414. The molecule has 0 atom stereocenters. The minimum Gasteiger partial charge on any atom is -0.497 e. The van der Waals surface area contributed by atoms with Crippen LogP contribution in [0.3, 0.4) is 0 Å². The third-order valence-corrected chi connectivity index (χ3v) is 2.95. The Kier molecular flexibility index (Phi) is 4.52. The fourth-order valence-electron chi connectivity index (χ4n) is 1.83. The number of aromatic nitrogens is 2. The summed E-state index contributed by atoms with van der Waals surface area (Å²) in [6.07, 6.45) is 1.57. The van der Waals surface area contributed by atoms with Crippen LogP contribution in [0.5, 0.6) is 5.75 Å². The van der Waals surface area contributed by atoms with Crippen molar-refractivity contribution in [2.45, 2.75) is 26.6 Å². The zero-order valence-electron chi connectivity index (χ0n) is 11.2. The van der Waals surface area contributed by atoms with E-state index < -0.39 is 0 Å². The monoisotopic (exact) mass is 263 g/mol. The first kappa shape index (κ1) is 13.5. The molecule has 1 aromatic heterocycles. The topological polar surface area (TPSA) is 39.1 Å². The van der Waals surface area contributed by atoms with Gasteiger partial charge in [-0.25, -0.2) is 4.68 Å². The second-order valence-electron chi connectivity index (χ2n) is 4.23. The molecule has 0 fully saturated rings. The van der Waals surface area contributed by atoms with Crippen molar-refractivity contribution in [2.75, 3.05) is 7.11 Å². The largest absolute Gasteiger partial charge is 0.497 e. The number of nitrogens with zero attached hydrogens (tertiary/aromatic N) is 2. The van der Waals surface area contributed by atoms with Gasteiger partial charge in [-0.05, 0) is 24.6 Å². The number of aryl methyl sites for hydroxylation is 1. The van der Waals surface area contributed by atoms with E-state index in [4.69, 9.17) is 4.74 Å². The lowest BCUT2D eigenvalue weighted by Gasteiger charge is -2.05. The summed E-state index contributed by atoms with van der Waals surface area (Å²) in [4.78, 5) is 0. The van der Waals surface area contributed by atoms with Crippen molar-refractivity contribution in [3.05, 3.63) is 47.5 Å². The van der Waals surface area contributed by atoms with Crippen LogP contribution in [-0.4, -0.2) is 16.9 Å². The average molecular weight is 263 g/mol. The molecule has 0 amide bonds. The van der Waals surface area contributed by atoms with E-state index in [0.29, 0.717) is 25.2 Å². The Balaban J connectivity index is 1.87. The van der Waals surface area contributed by atoms with Gasteiger partial charge in [-0.2, -0.15) is 9.49 Å². The van der Waals surface area contributed by atoms with Gasteiger partial charge in [0.15, 0.2) is 0 Å². The Bertz CT molecular complexity index is 522. The second-order valence-corrected chi connectivity index (χ2v) is 4.23. The number of methoxy groups -OCH3 is 1. The molecular weight excluding hydrogens is 245 g/mol. The predicted molar refractivity (Wildman–Crippen MR) is 71.4 cm³/mol. The van der Waals surface area contributed by atoms with E-state index in [1.807, 2.05) is 31.2 Å². The minimum absolute atomic E-state index is 0.260. The summed E-state index contributed by atoms with van der Waals surface area (Å²) in [7, 11) is 1.64. The molecule has 0 unspecified atom stereocenters. The lowest BCUT2D eigenvalue weighted by Crippen LogP contribution is -2.13. The van der Waals surface area contributed by atoms with Crippen LogP contribution >= 0.6 is 0 Å². The number of halogens is 1. The van der Waals surface area contributed by atoms with Crippen LogP contribution in [0.2, 0.25) is 0 Å². The Labute approximate surface area is 112 Å². The molecule has 0 saturated heterocycles. The summed E-state index contributed by atoms with van der Waals surface area (Å²) in [5.74, 6) is 0.573. The third-order valence-electron chi connectivity index (χ3n) is 2.95. The van der Waals surface area contributed by atoms with Gasteiger partial charge in [0.05, 0.1) is 13.3 Å². The molecule has 0 aliphatic heterocycles. The second kappa shape index (κ2) is 6.33. The quantitative estimate of drug-likeness (QED) is 0.869. The Morgan fingerprint density at radius 1 is 1.26 bits per heavy atom. The Morgan fingerprint density at radius 3 is 2.58 bits per heavy atom. The first-order valence-electron chi connectivity index (χ1n) is 6.28. The van der Waals surface area contributed by atoms with E-state index in [1.54, 1.807) is 13.3 Å². The normalized spacial score (nSPS) is 10.7. The number of hydrogen-bond acceptors (Lipinski definition) is 3. The van der Waals surface area contributed by atoms with Crippen molar-refractivity contribution >= 4 is 0 Å². The summed E-state index contributed by atoms with van der Waals surface area (Å²) < 4.78 is 20.1. The number of hydrogen-bond donors (Lipinski definition) is 1. The average Bonchev–Trinajstić information content (AvgIpc) is 2.80. The highest BCUT2D eigenvalue weighted by Crippen LogP contribution is 2.11. The summed E-state index contributed by atoms with van der Waals surface area (Å²) in [5, 5.41) is 7.17. The van der Waals surface area contributed by atoms with E-state index in [1.165, 1.54) is 4.68 Å². The van der Waals surface area contributed by atoms with E-state index in [0.717, 1.165) is 11.3 Å². The van der Waals surface area contributed by atoms with E-state index in [-0.39, 0.29) is 5.95 Å². The molecule has 4 nitrogen and oxygen atoms in total. The van der Waals surface area contributed by atoms with Crippen LogP contribution in [0.25, 0.3) is 0 Å². The van der Waals surface area contributed by atoms with E-state index >= 15 is 0 Å². The first-order chi connectivity index (χ1) is 9.24. The minimum atomic E-state index is -0.260. The number of nitrogens with one attached hydrogen (secondary N) is 1. The Morgan fingerprint density at radius 2 is 2.00 bits per heavy atom. The Hall–Kier alpha value is -1.88. The maximum absolute atomic E-state index is 13.7. The number of ether oxygens (including phenoxy) is 1. The van der Waals surface area contributed by atoms with Gasteiger partial charge in [-0.1, -0.05) is 12.1 Å². The van der Waals surface area contributed by atoms with Gasteiger partial charge in [0.25, 0.3) is 0 Å². The number of benzene rings is 1. The zero-order valence-corrected chi connectivity index (χ0v) is 11.2. The smallest absolute Gasteiger partial charge is 0.215 e. The van der Waals surface area contributed by atoms with Crippen molar-refractivity contribution in [3.63, 3.8) is 0 Å². The van der Waals surface area contributed by atoms with Crippen LogP contribution < -0.4 is 10.1 Å². The van der Waals surface area contributed by atoms with Gasteiger partial charge < -0.3 is 10.1 Å². The van der Waals surface area contributed by atoms with Gasteiger partial charge in [-0.3, -0.25) is 0 Å². The van der Waals surface area contributed by atoms with E-state index in [2.05, 4.69) is 10.4 Å². The molecule has 0 saturated carbocycles. The van der Waals surface area contributed by atoms with Gasteiger partial charge in [0.2, 0.25) is 5.95 Å². The van der Waals surface area contributed by atoms with Crippen molar-refractivity contribution in [2.24, 2.45) is 0 Å². The molecule has 0 aliphatic rings. The molecular formula is C14H18FN3O. The first-order valence-corrected chi connectivity index (χ1v) is 6.28. The molecule has 2 aromatic rings. The van der Waals surface area contributed by atoms with Crippen LogP contribution in [-0.2, 0) is 19.6 Å². The molecule has 0 radical (unpaired) electrons. The van der Waals surface area contributed by atoms with Crippen LogP contribution in [0.15, 0.2) is 30.5 Å². The van der Waals surface area contributed by atoms with Crippen LogP contribution in [0.4, 0.5) is 4.39 Å². The van der Waals surface area contributed by atoms with Crippen molar-refractivity contribution in [1.82, 2.24) is 15.1 Å². The summed E-state index contributed by atoms with van der Waals surface area (Å²) in [6.45, 7) is 3.56. The molecule has 0 bridgehead atoms. The summed E-state index contributed by atoms with van der Waals surface area (Å²) >= 11 is 0. The lowest BCUT2D eigenvalue weighted by atomic mass is 10.2. The maximum Gasteiger partial charge on any atom is 0.215 e. The third kappa shape index (κ3) is 3.32. The predicted octanol–water partition coefficient (Wildman–Crippen LogP) is 2.34. The summed E-state index contributed by atoms with van der Waals surface area (Å²) in [5.41, 5.74) is 1.72. The molecule has 2 rings (SSSR count). The van der Waals surface area contributed by atoms with Crippen LogP contribution in [0, 0.1) is 5.95 Å². The molecule has 19 heavy (non-hydrogen) atoms. The highest BCUT2D eigenvalue weighted by molar-refractivity contribution is 5.27. The van der Waals surface area contributed by atoms with Crippen molar-refractivity contribution < 1.29 is 9.13 Å². The fraction of sp³-hybridized carbons (Fsp3) is 0.357. The SMILES string of the molecule is CCn1ncc(CNCc2ccc(OC)cc2)c1F. The van der Waals surface area contributed by atoms with Crippen molar-refractivity contribution in [1.29, 1.82) is 0 Å². The van der Waals surface area contributed by atoms with Gasteiger partial charge in [0.1, 0.15) is 5.75 Å². The van der Waals surface area contributed by atoms with Crippen molar-refractivity contribution in [3.8, 4) is 5.75 Å². The maximum atomic E-state index is 13.7. The van der Waals surface area contributed by atoms with E-state index in [9.17, 15) is 4.39 Å². The molecule has 1 N–H and O–H groups in total. The highest BCUT2D eigenvalue weighted by atomic mass is 19.1.